The van der Waals surface area contributed by atoms with Crippen molar-refractivity contribution in [3.8, 4) is 5.75 Å². The zero-order valence-corrected chi connectivity index (χ0v) is 18.3. The molecule has 0 unspecified atom stereocenters. The fraction of sp³-hybridized carbons (Fsp3) is 0.0800. The van der Waals surface area contributed by atoms with Crippen molar-refractivity contribution in [3.05, 3.63) is 105 Å². The summed E-state index contributed by atoms with van der Waals surface area (Å²) in [6, 6.07) is 20.7. The van der Waals surface area contributed by atoms with Gasteiger partial charge in [0, 0.05) is 23.4 Å². The Morgan fingerprint density at radius 3 is 2.56 bits per heavy atom. The number of aromatic carboxylic acids is 1. The lowest BCUT2D eigenvalue weighted by atomic mass is 10.0. The molecule has 0 heterocycles. The molecule has 0 atom stereocenters. The Morgan fingerprint density at radius 1 is 0.969 bits per heavy atom. The largest absolute Gasteiger partial charge is 0.488 e. The smallest absolute Gasteiger partial charge is 0.337 e. The van der Waals surface area contributed by atoms with Crippen LogP contribution in [0, 0.1) is 5.82 Å². The normalized spacial score (nSPS) is 10.8. The molecule has 0 aromatic heterocycles. The summed E-state index contributed by atoms with van der Waals surface area (Å²) in [7, 11) is 0. The zero-order valence-electron chi connectivity index (χ0n) is 16.7. The van der Waals surface area contributed by atoms with E-state index in [0.717, 1.165) is 16.3 Å². The van der Waals surface area contributed by atoms with Gasteiger partial charge >= 0.3 is 5.97 Å². The first-order valence-electron chi connectivity index (χ1n) is 9.76. The number of carboxylic acids is 1. The number of rotatable bonds is 7. The lowest BCUT2D eigenvalue weighted by Gasteiger charge is -2.16. The van der Waals surface area contributed by atoms with E-state index in [9.17, 15) is 14.3 Å². The topological polar surface area (TPSA) is 58.6 Å². The Morgan fingerprint density at radius 2 is 1.78 bits per heavy atom. The highest BCUT2D eigenvalue weighted by Crippen LogP contribution is 2.31. The molecule has 4 nitrogen and oxygen atoms in total. The highest BCUT2D eigenvalue weighted by Gasteiger charge is 2.13. The number of halogens is 3. The molecule has 32 heavy (non-hydrogen) atoms. The number of hydrogen-bond acceptors (Lipinski definition) is 3. The van der Waals surface area contributed by atoms with Crippen LogP contribution in [0.25, 0.3) is 10.8 Å². The molecule has 0 saturated heterocycles. The number of benzene rings is 4. The number of ether oxygens (including phenoxy) is 1. The molecule has 4 aromatic carbocycles. The van der Waals surface area contributed by atoms with Crippen LogP contribution in [0.15, 0.2) is 72.8 Å². The van der Waals surface area contributed by atoms with Crippen LogP contribution in [-0.2, 0) is 13.2 Å². The minimum Gasteiger partial charge on any atom is -0.488 e. The first-order valence-corrected chi connectivity index (χ1v) is 10.5. The summed E-state index contributed by atoms with van der Waals surface area (Å²) in [5, 5.41) is 15.1. The molecule has 0 fully saturated rings. The van der Waals surface area contributed by atoms with Gasteiger partial charge in [0.15, 0.2) is 0 Å². The Hall–Kier alpha value is -3.28. The first-order chi connectivity index (χ1) is 15.4. The molecule has 0 aliphatic carbocycles. The number of carbonyl (C=O) groups is 1. The molecule has 0 amide bonds. The number of anilines is 1. The van der Waals surface area contributed by atoms with Crippen LogP contribution in [0.1, 0.15) is 21.5 Å². The predicted octanol–water partition coefficient (Wildman–Crippen LogP) is 7.18. The summed E-state index contributed by atoms with van der Waals surface area (Å²) in [6.07, 6.45) is 0. The van der Waals surface area contributed by atoms with Crippen LogP contribution < -0.4 is 10.1 Å². The summed E-state index contributed by atoms with van der Waals surface area (Å²) in [5.41, 5.74) is 2.21. The number of hydrogen-bond donors (Lipinski definition) is 2. The number of nitrogens with one attached hydrogen (secondary N) is 1. The van der Waals surface area contributed by atoms with Gasteiger partial charge in [-0.1, -0.05) is 59.6 Å². The van der Waals surface area contributed by atoms with E-state index in [1.807, 2.05) is 36.4 Å². The van der Waals surface area contributed by atoms with Crippen molar-refractivity contribution in [1.29, 1.82) is 0 Å². The van der Waals surface area contributed by atoms with Gasteiger partial charge in [0.2, 0.25) is 0 Å². The van der Waals surface area contributed by atoms with Gasteiger partial charge in [-0.15, -0.1) is 0 Å². The van der Waals surface area contributed by atoms with Gasteiger partial charge in [-0.25, -0.2) is 9.18 Å². The third-order valence-electron chi connectivity index (χ3n) is 5.06. The summed E-state index contributed by atoms with van der Waals surface area (Å²) in [4.78, 5) is 11.4. The van der Waals surface area contributed by atoms with Crippen LogP contribution in [-0.4, -0.2) is 11.1 Å². The molecule has 0 aliphatic rings. The summed E-state index contributed by atoms with van der Waals surface area (Å²) in [5.74, 6) is -0.855. The van der Waals surface area contributed by atoms with Crippen LogP contribution in [0.3, 0.4) is 0 Å². The van der Waals surface area contributed by atoms with Crippen LogP contribution in [0.4, 0.5) is 10.1 Å². The van der Waals surface area contributed by atoms with Crippen molar-refractivity contribution >= 4 is 45.6 Å². The van der Waals surface area contributed by atoms with E-state index in [0.29, 0.717) is 28.6 Å². The highest BCUT2D eigenvalue weighted by atomic mass is 35.5. The van der Waals surface area contributed by atoms with Gasteiger partial charge in [0.05, 0.1) is 15.6 Å². The molecule has 0 radical (unpaired) electrons. The molecule has 0 aliphatic heterocycles. The summed E-state index contributed by atoms with van der Waals surface area (Å²) >= 11 is 12.1. The van der Waals surface area contributed by atoms with E-state index in [2.05, 4.69) is 5.32 Å². The van der Waals surface area contributed by atoms with E-state index >= 15 is 0 Å². The zero-order chi connectivity index (χ0) is 22.7. The Balaban J connectivity index is 1.63. The average Bonchev–Trinajstić information content (AvgIpc) is 2.78. The van der Waals surface area contributed by atoms with Crippen molar-refractivity contribution in [2.45, 2.75) is 13.2 Å². The molecule has 0 spiro atoms. The molecule has 0 saturated carbocycles. The quantitative estimate of drug-likeness (QED) is 0.301. The highest BCUT2D eigenvalue weighted by molar-refractivity contribution is 6.33. The average molecular weight is 470 g/mol. The monoisotopic (exact) mass is 469 g/mol. The molecular formula is C25H18Cl2FNO3. The summed E-state index contributed by atoms with van der Waals surface area (Å²) in [6.45, 7) is 0.559. The maximum absolute atomic E-state index is 13.3. The van der Waals surface area contributed by atoms with E-state index in [4.69, 9.17) is 27.9 Å². The molecule has 162 valence electrons. The maximum Gasteiger partial charge on any atom is 0.337 e. The molecular weight excluding hydrogens is 452 g/mol. The van der Waals surface area contributed by atoms with Gasteiger partial charge < -0.3 is 15.2 Å². The molecule has 7 heteroatoms. The van der Waals surface area contributed by atoms with Crippen molar-refractivity contribution in [2.24, 2.45) is 0 Å². The summed E-state index contributed by atoms with van der Waals surface area (Å²) < 4.78 is 19.4. The lowest BCUT2D eigenvalue weighted by molar-refractivity contribution is 0.0697. The van der Waals surface area contributed by atoms with Crippen molar-refractivity contribution < 1.29 is 19.0 Å². The standard InChI is InChI=1S/C25H18Cl2FNO3/c26-22-9-8-18(12-20(22)25(30)31)29-13-21-19-4-2-1-3-15(19)6-10-24(21)32-14-16-5-7-17(28)11-23(16)27/h1-12,29H,13-14H2,(H,30,31). The molecule has 4 rings (SSSR count). The second kappa shape index (κ2) is 9.47. The van der Waals surface area contributed by atoms with Gasteiger partial charge in [-0.05, 0) is 47.2 Å². The molecule has 2 N–H and O–H groups in total. The number of carboxylic acid groups (broad SMARTS) is 1. The van der Waals surface area contributed by atoms with Gasteiger partial charge in [-0.2, -0.15) is 0 Å². The minimum absolute atomic E-state index is 0.0250. The van der Waals surface area contributed by atoms with Crippen molar-refractivity contribution in [1.82, 2.24) is 0 Å². The maximum atomic E-state index is 13.3. The van der Waals surface area contributed by atoms with E-state index in [1.54, 1.807) is 18.2 Å². The second-order valence-corrected chi connectivity index (χ2v) is 7.96. The third-order valence-corrected chi connectivity index (χ3v) is 5.74. The molecule has 0 bridgehead atoms. The van der Waals surface area contributed by atoms with Crippen molar-refractivity contribution in [3.63, 3.8) is 0 Å². The molecule has 4 aromatic rings. The second-order valence-electron chi connectivity index (χ2n) is 7.14. The van der Waals surface area contributed by atoms with Gasteiger partial charge in [0.25, 0.3) is 0 Å². The van der Waals surface area contributed by atoms with Crippen LogP contribution in [0.2, 0.25) is 10.0 Å². The predicted molar refractivity (Wildman–Crippen MR) is 125 cm³/mol. The Labute approximate surface area is 194 Å². The van der Waals surface area contributed by atoms with Crippen molar-refractivity contribution in [2.75, 3.05) is 5.32 Å². The Kier molecular flexibility index (Phi) is 6.49. The SMILES string of the molecule is O=C(O)c1cc(NCc2c(OCc3ccc(F)cc3Cl)ccc3ccccc23)ccc1Cl. The third kappa shape index (κ3) is 4.79. The van der Waals surface area contributed by atoms with Crippen LogP contribution >= 0.6 is 23.2 Å². The van der Waals surface area contributed by atoms with Crippen LogP contribution in [0.5, 0.6) is 5.75 Å². The fourth-order valence-electron chi connectivity index (χ4n) is 3.42. The first kappa shape index (κ1) is 21.9. The minimum atomic E-state index is -1.09. The fourth-order valence-corrected chi connectivity index (χ4v) is 3.84. The Bertz CT molecular complexity index is 1310. The van der Waals surface area contributed by atoms with Gasteiger partial charge in [-0.3, -0.25) is 0 Å². The van der Waals surface area contributed by atoms with Gasteiger partial charge in [0.1, 0.15) is 18.2 Å². The number of fused-ring (bicyclic) bond motifs is 1. The van der Waals surface area contributed by atoms with E-state index < -0.39 is 11.8 Å². The van der Waals surface area contributed by atoms with E-state index in [1.165, 1.54) is 18.2 Å². The lowest BCUT2D eigenvalue weighted by Crippen LogP contribution is -2.06. The van der Waals surface area contributed by atoms with E-state index in [-0.39, 0.29) is 17.2 Å².